The van der Waals surface area contributed by atoms with Crippen molar-refractivity contribution in [3.8, 4) is 0 Å². The van der Waals surface area contributed by atoms with Gasteiger partial charge in [0.1, 0.15) is 5.65 Å². The number of aromatic amines is 1. The summed E-state index contributed by atoms with van der Waals surface area (Å²) in [6.45, 7) is 2.26. The molecule has 0 radical (unpaired) electrons. The van der Waals surface area contributed by atoms with Crippen molar-refractivity contribution in [2.24, 2.45) is 0 Å². The predicted octanol–water partition coefficient (Wildman–Crippen LogP) is 2.03. The summed E-state index contributed by atoms with van der Waals surface area (Å²) in [5, 5.41) is 4.62. The minimum Gasteiger partial charge on any atom is -0.343 e. The molecular weight excluding hydrogens is 186 g/mol. The summed E-state index contributed by atoms with van der Waals surface area (Å²) in [6.07, 6.45) is 4.30. The highest BCUT2D eigenvalue weighted by Crippen LogP contribution is 2.26. The zero-order valence-electron chi connectivity index (χ0n) is 8.66. The number of aromatic nitrogens is 2. The Hall–Kier alpha value is -1.35. The van der Waals surface area contributed by atoms with E-state index >= 15 is 0 Å². The summed E-state index contributed by atoms with van der Waals surface area (Å²) in [7, 11) is 0. The first kappa shape index (κ1) is 8.92. The van der Waals surface area contributed by atoms with E-state index in [1.165, 1.54) is 23.9 Å². The highest BCUT2D eigenvalue weighted by atomic mass is 14.9. The third-order valence-electron chi connectivity index (χ3n) is 3.19. The van der Waals surface area contributed by atoms with Crippen LogP contribution in [0.1, 0.15) is 24.5 Å². The van der Waals surface area contributed by atoms with Gasteiger partial charge in [0.2, 0.25) is 0 Å². The molecule has 3 nitrogen and oxygen atoms in total. The van der Waals surface area contributed by atoms with Gasteiger partial charge in [0, 0.05) is 23.2 Å². The fourth-order valence-corrected chi connectivity index (χ4v) is 2.33. The van der Waals surface area contributed by atoms with Gasteiger partial charge in [0.15, 0.2) is 0 Å². The van der Waals surface area contributed by atoms with Crippen molar-refractivity contribution in [1.29, 1.82) is 0 Å². The predicted molar refractivity (Wildman–Crippen MR) is 60.9 cm³/mol. The Kier molecular flexibility index (Phi) is 2.18. The molecule has 0 aromatic carbocycles. The summed E-state index contributed by atoms with van der Waals surface area (Å²) in [6, 6.07) is 6.35. The van der Waals surface area contributed by atoms with Crippen LogP contribution in [-0.4, -0.2) is 23.1 Å². The average molecular weight is 201 g/mol. The molecular formula is C12H15N3. The zero-order chi connectivity index (χ0) is 10.1. The Morgan fingerprint density at radius 2 is 2.13 bits per heavy atom. The molecule has 0 bridgehead atoms. The number of hydrogen-bond acceptors (Lipinski definition) is 2. The molecule has 0 atom stereocenters. The molecule has 0 spiro atoms. The number of nitrogens with one attached hydrogen (secondary N) is 2. The molecule has 0 unspecified atom stereocenters. The van der Waals surface area contributed by atoms with Gasteiger partial charge in [-0.15, -0.1) is 0 Å². The van der Waals surface area contributed by atoms with Crippen molar-refractivity contribution in [2.45, 2.75) is 18.8 Å². The zero-order valence-corrected chi connectivity index (χ0v) is 8.66. The SMILES string of the molecule is c1cnc2[nH]c(C3CCNCC3)cc2c1. The summed E-state index contributed by atoms with van der Waals surface area (Å²) in [5.41, 5.74) is 2.37. The number of piperidine rings is 1. The molecule has 0 aliphatic carbocycles. The molecule has 15 heavy (non-hydrogen) atoms. The molecule has 3 heterocycles. The summed E-state index contributed by atoms with van der Waals surface area (Å²) in [5.74, 6) is 0.681. The first-order valence-electron chi connectivity index (χ1n) is 5.58. The lowest BCUT2D eigenvalue weighted by Gasteiger charge is -2.21. The van der Waals surface area contributed by atoms with Gasteiger partial charge in [-0.05, 0) is 44.1 Å². The molecule has 0 saturated carbocycles. The van der Waals surface area contributed by atoms with Crippen LogP contribution in [0.5, 0.6) is 0 Å². The van der Waals surface area contributed by atoms with Crippen LogP contribution in [-0.2, 0) is 0 Å². The van der Waals surface area contributed by atoms with Crippen LogP contribution in [0.4, 0.5) is 0 Å². The van der Waals surface area contributed by atoms with E-state index in [0.29, 0.717) is 5.92 Å². The largest absolute Gasteiger partial charge is 0.343 e. The van der Waals surface area contributed by atoms with E-state index in [-0.39, 0.29) is 0 Å². The molecule has 3 heteroatoms. The minimum atomic E-state index is 0.681. The second-order valence-electron chi connectivity index (χ2n) is 4.19. The Bertz CT molecular complexity index is 422. The highest BCUT2D eigenvalue weighted by Gasteiger charge is 2.16. The Morgan fingerprint density at radius 1 is 1.27 bits per heavy atom. The van der Waals surface area contributed by atoms with E-state index < -0.39 is 0 Å². The van der Waals surface area contributed by atoms with Gasteiger partial charge in [-0.1, -0.05) is 0 Å². The Morgan fingerprint density at radius 3 is 2.93 bits per heavy atom. The van der Waals surface area contributed by atoms with Gasteiger partial charge in [-0.2, -0.15) is 0 Å². The summed E-state index contributed by atoms with van der Waals surface area (Å²) >= 11 is 0. The third kappa shape index (κ3) is 1.63. The second kappa shape index (κ2) is 3.66. The molecule has 1 aliphatic heterocycles. The summed E-state index contributed by atoms with van der Waals surface area (Å²) in [4.78, 5) is 7.75. The van der Waals surface area contributed by atoms with Gasteiger partial charge in [-0.25, -0.2) is 4.98 Å². The molecule has 1 fully saturated rings. The quantitative estimate of drug-likeness (QED) is 0.741. The van der Waals surface area contributed by atoms with E-state index in [2.05, 4.69) is 27.4 Å². The average Bonchev–Trinajstić information content (AvgIpc) is 2.74. The monoisotopic (exact) mass is 201 g/mol. The smallest absolute Gasteiger partial charge is 0.137 e. The first-order chi connectivity index (χ1) is 7.43. The van der Waals surface area contributed by atoms with Gasteiger partial charge < -0.3 is 10.3 Å². The van der Waals surface area contributed by atoms with Crippen LogP contribution in [0.15, 0.2) is 24.4 Å². The van der Waals surface area contributed by atoms with Crippen molar-refractivity contribution in [1.82, 2.24) is 15.3 Å². The standard InChI is InChI=1S/C12H15N3/c1-2-10-8-11(15-12(10)14-5-1)9-3-6-13-7-4-9/h1-2,5,8-9,13H,3-4,6-7H2,(H,14,15). The fraction of sp³-hybridized carbons (Fsp3) is 0.417. The Balaban J connectivity index is 1.96. The number of rotatable bonds is 1. The Labute approximate surface area is 88.9 Å². The molecule has 78 valence electrons. The first-order valence-corrected chi connectivity index (χ1v) is 5.58. The third-order valence-corrected chi connectivity index (χ3v) is 3.19. The second-order valence-corrected chi connectivity index (χ2v) is 4.19. The maximum Gasteiger partial charge on any atom is 0.137 e. The summed E-state index contributed by atoms with van der Waals surface area (Å²) < 4.78 is 0. The van der Waals surface area contributed by atoms with E-state index in [1.54, 1.807) is 0 Å². The van der Waals surface area contributed by atoms with Gasteiger partial charge >= 0.3 is 0 Å². The van der Waals surface area contributed by atoms with E-state index in [0.717, 1.165) is 18.7 Å². The van der Waals surface area contributed by atoms with Crippen molar-refractivity contribution in [2.75, 3.05) is 13.1 Å². The molecule has 1 aliphatic rings. The number of H-pyrrole nitrogens is 1. The van der Waals surface area contributed by atoms with Crippen LogP contribution in [0.25, 0.3) is 11.0 Å². The van der Waals surface area contributed by atoms with E-state index in [9.17, 15) is 0 Å². The fourth-order valence-electron chi connectivity index (χ4n) is 2.33. The van der Waals surface area contributed by atoms with Crippen molar-refractivity contribution in [3.05, 3.63) is 30.1 Å². The van der Waals surface area contributed by atoms with Crippen molar-refractivity contribution in [3.63, 3.8) is 0 Å². The molecule has 0 amide bonds. The minimum absolute atomic E-state index is 0.681. The van der Waals surface area contributed by atoms with Crippen LogP contribution in [0.3, 0.4) is 0 Å². The molecule has 3 rings (SSSR count). The van der Waals surface area contributed by atoms with Gasteiger partial charge in [0.05, 0.1) is 0 Å². The lowest BCUT2D eigenvalue weighted by Crippen LogP contribution is -2.26. The number of pyridine rings is 1. The number of nitrogens with zero attached hydrogens (tertiary/aromatic N) is 1. The van der Waals surface area contributed by atoms with Gasteiger partial charge in [0.25, 0.3) is 0 Å². The lowest BCUT2D eigenvalue weighted by atomic mass is 9.95. The van der Waals surface area contributed by atoms with Crippen molar-refractivity contribution < 1.29 is 0 Å². The topological polar surface area (TPSA) is 40.7 Å². The highest BCUT2D eigenvalue weighted by molar-refractivity contribution is 5.76. The van der Waals surface area contributed by atoms with E-state index in [1.807, 2.05) is 12.3 Å². The normalized spacial score (nSPS) is 18.4. The maximum atomic E-state index is 4.33. The van der Waals surface area contributed by atoms with Gasteiger partial charge in [-0.3, -0.25) is 0 Å². The van der Waals surface area contributed by atoms with E-state index in [4.69, 9.17) is 0 Å². The molecule has 1 saturated heterocycles. The van der Waals surface area contributed by atoms with Crippen LogP contribution in [0, 0.1) is 0 Å². The van der Waals surface area contributed by atoms with Crippen molar-refractivity contribution >= 4 is 11.0 Å². The molecule has 2 aromatic heterocycles. The lowest BCUT2D eigenvalue weighted by molar-refractivity contribution is 0.455. The molecule has 2 N–H and O–H groups in total. The van der Waals surface area contributed by atoms with Crippen LogP contribution >= 0.6 is 0 Å². The van der Waals surface area contributed by atoms with Crippen LogP contribution in [0.2, 0.25) is 0 Å². The van der Waals surface area contributed by atoms with Crippen LogP contribution < -0.4 is 5.32 Å². The molecule has 2 aromatic rings. The number of fused-ring (bicyclic) bond motifs is 1. The maximum absolute atomic E-state index is 4.33. The number of hydrogen-bond donors (Lipinski definition) is 2.